The van der Waals surface area contributed by atoms with Crippen LogP contribution in [-0.4, -0.2) is 41.2 Å². The number of ether oxygens (including phenoxy) is 1. The van der Waals surface area contributed by atoms with Crippen molar-refractivity contribution in [3.05, 3.63) is 64.8 Å². The predicted molar refractivity (Wildman–Crippen MR) is 106 cm³/mol. The standard InChI is InChI=1S/C21H19ClFN3O3/c1-28-18-9-6-15(22)11-17(18)21(27)26-10-2-3-14(12-26)20-25-24-19(29-20)13-4-7-16(23)8-5-13/h4-9,11,14H,2-3,10,12H2,1H3. The highest BCUT2D eigenvalue weighted by Crippen LogP contribution is 2.31. The van der Waals surface area contributed by atoms with Gasteiger partial charge in [0.1, 0.15) is 11.6 Å². The Labute approximate surface area is 172 Å². The number of hydrogen-bond acceptors (Lipinski definition) is 5. The Morgan fingerprint density at radius 1 is 1.24 bits per heavy atom. The van der Waals surface area contributed by atoms with E-state index < -0.39 is 0 Å². The Hall–Kier alpha value is -2.93. The van der Waals surface area contributed by atoms with E-state index in [9.17, 15) is 9.18 Å². The Balaban J connectivity index is 1.52. The van der Waals surface area contributed by atoms with Crippen molar-refractivity contribution in [2.45, 2.75) is 18.8 Å². The number of carbonyl (C=O) groups excluding carboxylic acids is 1. The van der Waals surface area contributed by atoms with Crippen LogP contribution < -0.4 is 4.74 Å². The molecule has 1 fully saturated rings. The van der Waals surface area contributed by atoms with Gasteiger partial charge in [-0.25, -0.2) is 4.39 Å². The van der Waals surface area contributed by atoms with E-state index in [4.69, 9.17) is 20.8 Å². The van der Waals surface area contributed by atoms with Crippen molar-refractivity contribution in [1.82, 2.24) is 15.1 Å². The van der Waals surface area contributed by atoms with Gasteiger partial charge in [0.05, 0.1) is 18.6 Å². The molecule has 0 saturated carbocycles. The van der Waals surface area contributed by atoms with Crippen LogP contribution in [0.4, 0.5) is 4.39 Å². The second kappa shape index (κ2) is 8.21. The lowest BCUT2D eigenvalue weighted by Gasteiger charge is -2.31. The van der Waals surface area contributed by atoms with E-state index in [1.54, 1.807) is 35.2 Å². The highest BCUT2D eigenvalue weighted by molar-refractivity contribution is 6.31. The van der Waals surface area contributed by atoms with E-state index in [2.05, 4.69) is 10.2 Å². The summed E-state index contributed by atoms with van der Waals surface area (Å²) in [6, 6.07) is 10.9. The third-order valence-electron chi connectivity index (χ3n) is 4.98. The Kier molecular flexibility index (Phi) is 5.49. The molecule has 1 saturated heterocycles. The number of hydrogen-bond donors (Lipinski definition) is 0. The number of rotatable bonds is 4. The molecular weight excluding hydrogens is 397 g/mol. The van der Waals surface area contributed by atoms with E-state index in [0.717, 1.165) is 12.8 Å². The summed E-state index contributed by atoms with van der Waals surface area (Å²) in [6.45, 7) is 1.09. The van der Waals surface area contributed by atoms with Crippen molar-refractivity contribution in [3.63, 3.8) is 0 Å². The maximum atomic E-state index is 13.1. The molecule has 0 aliphatic carbocycles. The molecule has 1 unspecified atom stereocenters. The van der Waals surface area contributed by atoms with Crippen LogP contribution in [0.15, 0.2) is 46.9 Å². The Bertz CT molecular complexity index is 1020. The Morgan fingerprint density at radius 2 is 2.03 bits per heavy atom. The van der Waals surface area contributed by atoms with Crippen molar-refractivity contribution in [2.24, 2.45) is 0 Å². The van der Waals surface area contributed by atoms with Crippen molar-refractivity contribution in [1.29, 1.82) is 0 Å². The summed E-state index contributed by atoms with van der Waals surface area (Å²) in [7, 11) is 1.52. The van der Waals surface area contributed by atoms with Crippen molar-refractivity contribution >= 4 is 17.5 Å². The zero-order valence-electron chi connectivity index (χ0n) is 15.8. The molecule has 0 bridgehead atoms. The second-order valence-corrected chi connectivity index (χ2v) is 7.32. The van der Waals surface area contributed by atoms with Gasteiger partial charge >= 0.3 is 0 Å². The molecule has 1 aliphatic rings. The summed E-state index contributed by atoms with van der Waals surface area (Å²) in [5, 5.41) is 8.71. The molecule has 0 spiro atoms. The van der Waals surface area contributed by atoms with E-state index in [1.165, 1.54) is 19.2 Å². The molecule has 1 aliphatic heterocycles. The fourth-order valence-electron chi connectivity index (χ4n) is 3.49. The fourth-order valence-corrected chi connectivity index (χ4v) is 3.66. The second-order valence-electron chi connectivity index (χ2n) is 6.89. The topological polar surface area (TPSA) is 68.5 Å². The molecule has 2 aromatic carbocycles. The summed E-state index contributed by atoms with van der Waals surface area (Å²) < 4.78 is 24.2. The van der Waals surface area contributed by atoms with Crippen LogP contribution >= 0.6 is 11.6 Å². The highest BCUT2D eigenvalue weighted by atomic mass is 35.5. The van der Waals surface area contributed by atoms with Crippen molar-refractivity contribution < 1.29 is 18.3 Å². The third kappa shape index (κ3) is 4.10. The average molecular weight is 416 g/mol. The summed E-state index contributed by atoms with van der Waals surface area (Å²) in [5.41, 5.74) is 1.08. The molecular formula is C21H19ClFN3O3. The van der Waals surface area contributed by atoms with E-state index in [-0.39, 0.29) is 17.6 Å². The van der Waals surface area contributed by atoms with Crippen LogP contribution in [0.3, 0.4) is 0 Å². The first kappa shape index (κ1) is 19.4. The minimum Gasteiger partial charge on any atom is -0.496 e. The molecule has 3 aromatic rings. The van der Waals surface area contributed by atoms with Gasteiger partial charge in [-0.05, 0) is 55.3 Å². The van der Waals surface area contributed by atoms with Gasteiger partial charge < -0.3 is 14.1 Å². The lowest BCUT2D eigenvalue weighted by Crippen LogP contribution is -2.39. The first-order valence-electron chi connectivity index (χ1n) is 9.27. The van der Waals surface area contributed by atoms with Gasteiger partial charge in [-0.15, -0.1) is 10.2 Å². The van der Waals surface area contributed by atoms with Crippen LogP contribution in [0.5, 0.6) is 5.75 Å². The van der Waals surface area contributed by atoms with Crippen LogP contribution in [-0.2, 0) is 0 Å². The van der Waals surface area contributed by atoms with E-state index in [1.807, 2.05) is 0 Å². The van der Waals surface area contributed by atoms with Crippen LogP contribution in [0, 0.1) is 5.82 Å². The van der Waals surface area contributed by atoms with Gasteiger partial charge in [0, 0.05) is 23.7 Å². The largest absolute Gasteiger partial charge is 0.496 e. The Morgan fingerprint density at radius 3 is 2.79 bits per heavy atom. The van der Waals surface area contributed by atoms with Crippen LogP contribution in [0.1, 0.15) is 35.0 Å². The number of benzene rings is 2. The number of aromatic nitrogens is 2. The molecule has 1 atom stereocenters. The summed E-state index contributed by atoms with van der Waals surface area (Å²) in [4.78, 5) is 14.8. The zero-order valence-corrected chi connectivity index (χ0v) is 16.5. The monoisotopic (exact) mass is 415 g/mol. The van der Waals surface area contributed by atoms with Gasteiger partial charge in [0.2, 0.25) is 11.8 Å². The lowest BCUT2D eigenvalue weighted by atomic mass is 9.97. The molecule has 2 heterocycles. The molecule has 6 nitrogen and oxygen atoms in total. The molecule has 29 heavy (non-hydrogen) atoms. The van der Waals surface area contributed by atoms with Gasteiger partial charge in [-0.2, -0.15) is 0 Å². The molecule has 1 amide bonds. The quantitative estimate of drug-likeness (QED) is 0.625. The number of likely N-dealkylation sites (tertiary alicyclic amines) is 1. The average Bonchev–Trinajstić information content (AvgIpc) is 3.24. The zero-order chi connectivity index (χ0) is 20.4. The summed E-state index contributed by atoms with van der Waals surface area (Å²) in [5.74, 6) is 0.746. The van der Waals surface area contributed by atoms with E-state index >= 15 is 0 Å². The molecule has 4 rings (SSSR count). The smallest absolute Gasteiger partial charge is 0.257 e. The van der Waals surface area contributed by atoms with Crippen LogP contribution in [0.2, 0.25) is 5.02 Å². The normalized spacial score (nSPS) is 16.7. The van der Waals surface area contributed by atoms with Crippen molar-refractivity contribution in [2.75, 3.05) is 20.2 Å². The first-order valence-corrected chi connectivity index (χ1v) is 9.65. The van der Waals surface area contributed by atoms with Gasteiger partial charge in [-0.1, -0.05) is 11.6 Å². The number of piperidine rings is 1. The van der Waals surface area contributed by atoms with Gasteiger partial charge in [0.15, 0.2) is 0 Å². The number of halogens is 2. The first-order chi connectivity index (χ1) is 14.0. The highest BCUT2D eigenvalue weighted by Gasteiger charge is 2.30. The fraction of sp³-hybridized carbons (Fsp3) is 0.286. The molecule has 0 radical (unpaired) electrons. The van der Waals surface area contributed by atoms with E-state index in [0.29, 0.717) is 46.8 Å². The molecule has 8 heteroatoms. The number of amides is 1. The maximum Gasteiger partial charge on any atom is 0.257 e. The number of methoxy groups -OCH3 is 1. The molecule has 1 aromatic heterocycles. The third-order valence-corrected chi connectivity index (χ3v) is 5.22. The SMILES string of the molecule is COc1ccc(Cl)cc1C(=O)N1CCCC(c2nnc(-c3ccc(F)cc3)o2)C1. The molecule has 150 valence electrons. The predicted octanol–water partition coefficient (Wildman–Crippen LogP) is 4.56. The summed E-state index contributed by atoms with van der Waals surface area (Å²) >= 11 is 6.07. The maximum absolute atomic E-state index is 13.1. The lowest BCUT2D eigenvalue weighted by molar-refractivity contribution is 0.0695. The minimum atomic E-state index is -0.327. The summed E-state index contributed by atoms with van der Waals surface area (Å²) in [6.07, 6.45) is 1.65. The minimum absolute atomic E-state index is 0.0698. The van der Waals surface area contributed by atoms with Crippen LogP contribution in [0.25, 0.3) is 11.5 Å². The van der Waals surface area contributed by atoms with Gasteiger partial charge in [-0.3, -0.25) is 4.79 Å². The molecule has 0 N–H and O–H groups in total. The number of carbonyl (C=O) groups is 1. The number of nitrogens with zero attached hydrogens (tertiary/aromatic N) is 3. The van der Waals surface area contributed by atoms with Crippen molar-refractivity contribution in [3.8, 4) is 17.2 Å². The van der Waals surface area contributed by atoms with Gasteiger partial charge in [0.25, 0.3) is 5.91 Å².